The van der Waals surface area contributed by atoms with Gasteiger partial charge in [0, 0.05) is 12.8 Å². The predicted molar refractivity (Wildman–Crippen MR) is 85.7 cm³/mol. The second-order valence-corrected chi connectivity index (χ2v) is 5.68. The van der Waals surface area contributed by atoms with Crippen LogP contribution in [-0.2, 0) is 14.3 Å². The molecular formula is C17H23NO5. The lowest BCUT2D eigenvalue weighted by Crippen LogP contribution is -2.44. The zero-order chi connectivity index (χ0) is 17.0. The topological polar surface area (TPSA) is 73.9 Å². The molecule has 0 aliphatic heterocycles. The van der Waals surface area contributed by atoms with Gasteiger partial charge in [0.1, 0.15) is 16.9 Å². The van der Waals surface area contributed by atoms with Gasteiger partial charge in [0.05, 0.1) is 13.7 Å². The number of ether oxygens (including phenoxy) is 3. The molecule has 0 aromatic heterocycles. The van der Waals surface area contributed by atoms with Gasteiger partial charge in [-0.05, 0) is 50.8 Å². The van der Waals surface area contributed by atoms with Crippen LogP contribution in [0.25, 0.3) is 0 Å². The van der Waals surface area contributed by atoms with E-state index in [1.807, 2.05) is 0 Å². The summed E-state index contributed by atoms with van der Waals surface area (Å²) in [7, 11) is 3.02. The van der Waals surface area contributed by atoms with Crippen LogP contribution in [0.1, 0.15) is 37.0 Å². The number of amides is 1. The van der Waals surface area contributed by atoms with Gasteiger partial charge in [0.15, 0.2) is 0 Å². The van der Waals surface area contributed by atoms with E-state index < -0.39 is 11.6 Å². The van der Waals surface area contributed by atoms with Gasteiger partial charge in [-0.1, -0.05) is 0 Å². The maximum absolute atomic E-state index is 12.5. The number of carbonyl (C=O) groups excluding carboxylic acids is 2. The van der Waals surface area contributed by atoms with Crippen molar-refractivity contribution in [3.05, 3.63) is 23.8 Å². The van der Waals surface area contributed by atoms with Crippen LogP contribution in [0.5, 0.6) is 5.75 Å². The fourth-order valence-electron chi connectivity index (χ4n) is 2.49. The molecule has 0 heterocycles. The van der Waals surface area contributed by atoms with Crippen molar-refractivity contribution in [2.24, 2.45) is 5.92 Å². The van der Waals surface area contributed by atoms with Gasteiger partial charge in [0.2, 0.25) is 0 Å². The summed E-state index contributed by atoms with van der Waals surface area (Å²) >= 11 is 0. The molecular weight excluding hydrogens is 298 g/mol. The number of hydrogen-bond acceptors (Lipinski definition) is 5. The second-order valence-electron chi connectivity index (χ2n) is 5.68. The third-order valence-electron chi connectivity index (χ3n) is 4.18. The Morgan fingerprint density at radius 3 is 2.52 bits per heavy atom. The van der Waals surface area contributed by atoms with Crippen LogP contribution >= 0.6 is 0 Å². The number of benzene rings is 1. The number of hydrogen-bond donors (Lipinski definition) is 1. The molecule has 1 saturated carbocycles. The van der Waals surface area contributed by atoms with E-state index in [9.17, 15) is 9.59 Å². The first-order valence-electron chi connectivity index (χ1n) is 7.68. The van der Waals surface area contributed by atoms with E-state index >= 15 is 0 Å². The quantitative estimate of drug-likeness (QED) is 0.782. The molecule has 23 heavy (non-hydrogen) atoms. The van der Waals surface area contributed by atoms with Gasteiger partial charge in [0.25, 0.3) is 5.91 Å². The molecule has 1 aliphatic carbocycles. The van der Waals surface area contributed by atoms with Crippen molar-refractivity contribution in [1.29, 1.82) is 0 Å². The molecule has 0 radical (unpaired) electrons. The summed E-state index contributed by atoms with van der Waals surface area (Å²) in [4.78, 5) is 24.5. The molecule has 0 spiro atoms. The van der Waals surface area contributed by atoms with Gasteiger partial charge in [-0.15, -0.1) is 0 Å². The van der Waals surface area contributed by atoms with Crippen molar-refractivity contribution in [1.82, 2.24) is 0 Å². The minimum absolute atomic E-state index is 0.220. The summed E-state index contributed by atoms with van der Waals surface area (Å²) in [6.45, 7) is 3.79. The molecule has 2 rings (SSSR count). The fraction of sp³-hybridized carbons (Fsp3) is 0.529. The monoisotopic (exact) mass is 321 g/mol. The van der Waals surface area contributed by atoms with Gasteiger partial charge < -0.3 is 19.5 Å². The van der Waals surface area contributed by atoms with Gasteiger partial charge >= 0.3 is 5.97 Å². The highest BCUT2D eigenvalue weighted by Crippen LogP contribution is 2.42. The Morgan fingerprint density at radius 2 is 2.00 bits per heavy atom. The van der Waals surface area contributed by atoms with Gasteiger partial charge in [-0.3, -0.25) is 4.79 Å². The van der Waals surface area contributed by atoms with Crippen molar-refractivity contribution in [2.45, 2.75) is 32.3 Å². The molecule has 1 unspecified atom stereocenters. The number of rotatable bonds is 7. The summed E-state index contributed by atoms with van der Waals surface area (Å²) in [5.74, 6) is -0.0759. The molecule has 1 aromatic rings. The minimum atomic E-state index is -0.857. The average molecular weight is 321 g/mol. The van der Waals surface area contributed by atoms with Crippen molar-refractivity contribution in [3.63, 3.8) is 0 Å². The maximum Gasteiger partial charge on any atom is 0.341 e. The average Bonchev–Trinajstić information content (AvgIpc) is 3.39. The Kier molecular flexibility index (Phi) is 5.26. The predicted octanol–water partition coefficient (Wildman–Crippen LogP) is 2.63. The SMILES string of the molecule is CCOC(=O)c1cc(NC(=O)C(C)(OC)C2CC2)ccc1OC. The van der Waals surface area contributed by atoms with Crippen molar-refractivity contribution >= 4 is 17.6 Å². The molecule has 1 aromatic carbocycles. The third kappa shape index (κ3) is 3.64. The molecule has 0 saturated heterocycles. The Labute approximate surface area is 136 Å². The molecule has 0 bridgehead atoms. The van der Waals surface area contributed by atoms with Crippen LogP contribution in [0.3, 0.4) is 0 Å². The molecule has 1 aliphatic rings. The number of anilines is 1. The first kappa shape index (κ1) is 17.3. The molecule has 1 atom stereocenters. The second kappa shape index (κ2) is 7.00. The molecule has 1 amide bonds. The van der Waals surface area contributed by atoms with Gasteiger partial charge in [-0.2, -0.15) is 0 Å². The van der Waals surface area contributed by atoms with E-state index in [1.165, 1.54) is 14.2 Å². The fourth-order valence-corrected chi connectivity index (χ4v) is 2.49. The van der Waals surface area contributed by atoms with Crippen LogP contribution < -0.4 is 10.1 Å². The van der Waals surface area contributed by atoms with E-state index in [0.717, 1.165) is 12.8 Å². The van der Waals surface area contributed by atoms with Crippen LogP contribution in [0, 0.1) is 5.92 Å². The molecule has 1 fully saturated rings. The van der Waals surface area contributed by atoms with Crippen LogP contribution in [-0.4, -0.2) is 38.3 Å². The van der Waals surface area contributed by atoms with Crippen LogP contribution in [0.15, 0.2) is 18.2 Å². The highest BCUT2D eigenvalue weighted by molar-refractivity contribution is 5.99. The standard InChI is InChI=1S/C17H23NO5/c1-5-23-15(19)13-10-12(8-9-14(13)21-3)18-16(20)17(2,22-4)11-6-7-11/h8-11H,5-7H2,1-4H3,(H,18,20). The summed E-state index contributed by atoms with van der Waals surface area (Å²) < 4.78 is 15.6. The maximum atomic E-state index is 12.5. The Balaban J connectivity index is 2.21. The molecule has 6 heteroatoms. The van der Waals surface area contributed by atoms with E-state index in [1.54, 1.807) is 32.0 Å². The Hall–Kier alpha value is -2.08. The van der Waals surface area contributed by atoms with E-state index in [2.05, 4.69) is 5.32 Å². The summed E-state index contributed by atoms with van der Waals surface area (Å²) in [6, 6.07) is 4.86. The Bertz CT molecular complexity index is 597. The van der Waals surface area contributed by atoms with Crippen molar-refractivity contribution in [3.8, 4) is 5.75 Å². The number of carbonyl (C=O) groups is 2. The molecule has 1 N–H and O–H groups in total. The van der Waals surface area contributed by atoms with Crippen molar-refractivity contribution < 1.29 is 23.8 Å². The normalized spacial score (nSPS) is 16.3. The first-order chi connectivity index (χ1) is 11.0. The number of methoxy groups -OCH3 is 2. The third-order valence-corrected chi connectivity index (χ3v) is 4.18. The number of nitrogens with one attached hydrogen (secondary N) is 1. The number of esters is 1. The van der Waals surface area contributed by atoms with E-state index in [-0.39, 0.29) is 24.0 Å². The summed E-state index contributed by atoms with van der Waals surface area (Å²) in [6.07, 6.45) is 1.96. The highest BCUT2D eigenvalue weighted by atomic mass is 16.5. The lowest BCUT2D eigenvalue weighted by Gasteiger charge is -2.26. The largest absolute Gasteiger partial charge is 0.496 e. The summed E-state index contributed by atoms with van der Waals surface area (Å²) in [5, 5.41) is 2.82. The summed E-state index contributed by atoms with van der Waals surface area (Å²) in [5.41, 5.74) is -0.0789. The first-order valence-corrected chi connectivity index (χ1v) is 7.68. The zero-order valence-electron chi connectivity index (χ0n) is 14.0. The molecule has 6 nitrogen and oxygen atoms in total. The Morgan fingerprint density at radius 1 is 1.30 bits per heavy atom. The van der Waals surface area contributed by atoms with E-state index in [0.29, 0.717) is 11.4 Å². The molecule has 126 valence electrons. The highest BCUT2D eigenvalue weighted by Gasteiger charge is 2.47. The van der Waals surface area contributed by atoms with Crippen molar-refractivity contribution in [2.75, 3.05) is 26.1 Å². The minimum Gasteiger partial charge on any atom is -0.496 e. The zero-order valence-corrected chi connectivity index (χ0v) is 14.0. The smallest absolute Gasteiger partial charge is 0.341 e. The van der Waals surface area contributed by atoms with Gasteiger partial charge in [-0.25, -0.2) is 4.79 Å². The van der Waals surface area contributed by atoms with Crippen LogP contribution in [0.4, 0.5) is 5.69 Å². The van der Waals surface area contributed by atoms with Crippen LogP contribution in [0.2, 0.25) is 0 Å². The van der Waals surface area contributed by atoms with E-state index in [4.69, 9.17) is 14.2 Å². The lowest BCUT2D eigenvalue weighted by atomic mass is 9.99. The lowest BCUT2D eigenvalue weighted by molar-refractivity contribution is -0.138.